The van der Waals surface area contributed by atoms with Crippen molar-refractivity contribution in [3.05, 3.63) is 64.8 Å². The van der Waals surface area contributed by atoms with Crippen LogP contribution >= 0.6 is 15.9 Å². The van der Waals surface area contributed by atoms with Crippen molar-refractivity contribution in [1.82, 2.24) is 24.6 Å². The maximum absolute atomic E-state index is 12.3. The molecule has 0 saturated heterocycles. The van der Waals surface area contributed by atoms with Crippen molar-refractivity contribution in [3.63, 3.8) is 0 Å². The van der Waals surface area contributed by atoms with E-state index in [-0.39, 0.29) is 5.91 Å². The van der Waals surface area contributed by atoms with E-state index in [4.69, 9.17) is 0 Å². The summed E-state index contributed by atoms with van der Waals surface area (Å²) in [6.45, 7) is 3.17. The van der Waals surface area contributed by atoms with Crippen molar-refractivity contribution in [2.45, 2.75) is 20.0 Å². The molecule has 0 saturated carbocycles. The molecule has 0 aliphatic carbocycles. The van der Waals surface area contributed by atoms with Crippen molar-refractivity contribution < 1.29 is 4.79 Å². The molecular weight excluding hydrogens is 358 g/mol. The van der Waals surface area contributed by atoms with Crippen LogP contribution in [-0.4, -0.2) is 25.2 Å². The van der Waals surface area contributed by atoms with Gasteiger partial charge in [-0.05, 0) is 46.6 Å². The summed E-state index contributed by atoms with van der Waals surface area (Å²) >= 11 is 3.40. The van der Waals surface area contributed by atoms with Crippen LogP contribution in [0.1, 0.15) is 23.0 Å². The van der Waals surface area contributed by atoms with Gasteiger partial charge in [-0.15, -0.1) is 0 Å². The monoisotopic (exact) mass is 373 g/mol. The molecule has 0 aliphatic heterocycles. The number of hydrogen-bond acceptors (Lipinski definition) is 3. The Hall–Kier alpha value is -2.41. The Balaban J connectivity index is 1.65. The number of carbonyl (C=O) groups is 1. The molecule has 0 unspecified atom stereocenters. The summed E-state index contributed by atoms with van der Waals surface area (Å²) in [5.41, 5.74) is 1.57. The fourth-order valence-electron chi connectivity index (χ4n) is 2.26. The average molecular weight is 374 g/mol. The van der Waals surface area contributed by atoms with E-state index in [0.717, 1.165) is 22.4 Å². The van der Waals surface area contributed by atoms with Crippen LogP contribution in [-0.2, 0) is 13.1 Å². The second-order valence-corrected chi connectivity index (χ2v) is 5.90. The first kappa shape index (κ1) is 15.5. The highest BCUT2D eigenvalue weighted by atomic mass is 79.9. The van der Waals surface area contributed by atoms with Crippen molar-refractivity contribution in [3.8, 4) is 5.82 Å². The third-order valence-electron chi connectivity index (χ3n) is 3.44. The number of nitrogens with zero attached hydrogens (tertiary/aromatic N) is 4. The Bertz CT molecular complexity index is 793. The van der Waals surface area contributed by atoms with Gasteiger partial charge >= 0.3 is 0 Å². The van der Waals surface area contributed by atoms with Crippen LogP contribution in [0.4, 0.5) is 0 Å². The van der Waals surface area contributed by atoms with E-state index in [1.807, 2.05) is 48.1 Å². The van der Waals surface area contributed by atoms with Gasteiger partial charge < -0.3 is 9.88 Å². The maximum atomic E-state index is 12.3. The standard InChI is InChI=1S/C16H16BrN5O/c1-2-21-11-13(17)8-14(21)16(23)19-10-12-4-5-15(18-9-12)22-7-3-6-20-22/h3-9,11H,2,10H2,1H3,(H,19,23). The molecule has 3 aromatic heterocycles. The Morgan fingerprint density at radius 1 is 1.39 bits per heavy atom. The molecule has 0 bridgehead atoms. The minimum absolute atomic E-state index is 0.103. The number of hydrogen-bond donors (Lipinski definition) is 1. The van der Waals surface area contributed by atoms with Gasteiger partial charge in [0.15, 0.2) is 5.82 Å². The number of aryl methyl sites for hydroxylation is 1. The van der Waals surface area contributed by atoms with Crippen LogP contribution in [0.2, 0.25) is 0 Å². The molecule has 3 rings (SSSR count). The highest BCUT2D eigenvalue weighted by Crippen LogP contribution is 2.15. The average Bonchev–Trinajstić information content (AvgIpc) is 3.22. The predicted molar refractivity (Wildman–Crippen MR) is 90.3 cm³/mol. The first-order valence-electron chi connectivity index (χ1n) is 7.26. The zero-order valence-electron chi connectivity index (χ0n) is 12.6. The van der Waals surface area contributed by atoms with Gasteiger partial charge in [-0.25, -0.2) is 9.67 Å². The molecule has 7 heteroatoms. The van der Waals surface area contributed by atoms with E-state index in [1.165, 1.54) is 0 Å². The minimum atomic E-state index is -0.103. The lowest BCUT2D eigenvalue weighted by molar-refractivity contribution is 0.0941. The molecule has 3 aromatic rings. The maximum Gasteiger partial charge on any atom is 0.268 e. The zero-order valence-corrected chi connectivity index (χ0v) is 14.2. The fourth-order valence-corrected chi connectivity index (χ4v) is 2.72. The van der Waals surface area contributed by atoms with E-state index in [1.54, 1.807) is 17.1 Å². The third-order valence-corrected chi connectivity index (χ3v) is 3.87. The molecule has 23 heavy (non-hydrogen) atoms. The van der Waals surface area contributed by atoms with Crippen LogP contribution < -0.4 is 5.32 Å². The van der Waals surface area contributed by atoms with Crippen LogP contribution in [0.3, 0.4) is 0 Å². The lowest BCUT2D eigenvalue weighted by Crippen LogP contribution is -2.25. The molecule has 6 nitrogen and oxygen atoms in total. The number of carbonyl (C=O) groups excluding carboxylic acids is 1. The van der Waals surface area contributed by atoms with Crippen LogP contribution in [0.5, 0.6) is 0 Å². The normalized spacial score (nSPS) is 10.7. The van der Waals surface area contributed by atoms with Crippen molar-refractivity contribution in [2.75, 3.05) is 0 Å². The van der Waals surface area contributed by atoms with Gasteiger partial charge in [-0.3, -0.25) is 4.79 Å². The first-order valence-corrected chi connectivity index (χ1v) is 8.05. The molecule has 0 atom stereocenters. The Morgan fingerprint density at radius 3 is 2.91 bits per heavy atom. The number of pyridine rings is 1. The molecule has 1 N–H and O–H groups in total. The summed E-state index contributed by atoms with van der Waals surface area (Å²) < 4.78 is 4.49. The van der Waals surface area contributed by atoms with Gasteiger partial charge in [-0.1, -0.05) is 6.07 Å². The molecule has 118 valence electrons. The van der Waals surface area contributed by atoms with Crippen LogP contribution in [0.15, 0.2) is 53.5 Å². The Labute approximate surface area is 142 Å². The van der Waals surface area contributed by atoms with Crippen molar-refractivity contribution >= 4 is 21.8 Å². The molecule has 0 aliphatic rings. The number of halogens is 1. The smallest absolute Gasteiger partial charge is 0.268 e. The minimum Gasteiger partial charge on any atom is -0.347 e. The van der Waals surface area contributed by atoms with Gasteiger partial charge in [0.1, 0.15) is 5.69 Å². The molecule has 0 aromatic carbocycles. The number of amides is 1. The van der Waals surface area contributed by atoms with Gasteiger partial charge in [0.2, 0.25) is 0 Å². The predicted octanol–water partition coefficient (Wildman–Crippen LogP) is 2.78. The van der Waals surface area contributed by atoms with Gasteiger partial charge in [0.25, 0.3) is 5.91 Å². The van der Waals surface area contributed by atoms with Crippen LogP contribution in [0, 0.1) is 0 Å². The number of aromatic nitrogens is 4. The zero-order chi connectivity index (χ0) is 16.2. The molecular formula is C16H16BrN5O. The highest BCUT2D eigenvalue weighted by molar-refractivity contribution is 9.10. The number of rotatable bonds is 5. The summed E-state index contributed by atoms with van der Waals surface area (Å²) in [5, 5.41) is 7.04. The summed E-state index contributed by atoms with van der Waals surface area (Å²) in [6.07, 6.45) is 7.18. The lowest BCUT2D eigenvalue weighted by atomic mass is 10.2. The topological polar surface area (TPSA) is 64.7 Å². The summed E-state index contributed by atoms with van der Waals surface area (Å²) in [7, 11) is 0. The van der Waals surface area contributed by atoms with Crippen LogP contribution in [0.25, 0.3) is 5.82 Å². The lowest BCUT2D eigenvalue weighted by Gasteiger charge is -2.08. The molecule has 1 amide bonds. The molecule has 3 heterocycles. The SMILES string of the molecule is CCn1cc(Br)cc1C(=O)NCc1ccc(-n2cccn2)nc1. The highest BCUT2D eigenvalue weighted by Gasteiger charge is 2.12. The number of nitrogens with one attached hydrogen (secondary N) is 1. The Morgan fingerprint density at radius 2 is 2.26 bits per heavy atom. The third kappa shape index (κ3) is 3.50. The van der Waals surface area contributed by atoms with Crippen molar-refractivity contribution in [1.29, 1.82) is 0 Å². The van der Waals surface area contributed by atoms with Gasteiger partial charge in [-0.2, -0.15) is 5.10 Å². The quantitative estimate of drug-likeness (QED) is 0.747. The van der Waals surface area contributed by atoms with E-state index >= 15 is 0 Å². The first-order chi connectivity index (χ1) is 11.2. The van der Waals surface area contributed by atoms with E-state index < -0.39 is 0 Å². The van der Waals surface area contributed by atoms with E-state index in [0.29, 0.717) is 12.2 Å². The summed E-state index contributed by atoms with van der Waals surface area (Å²) in [5.74, 6) is 0.641. The van der Waals surface area contributed by atoms with E-state index in [9.17, 15) is 4.79 Å². The Kier molecular flexibility index (Phi) is 4.57. The largest absolute Gasteiger partial charge is 0.347 e. The second kappa shape index (κ2) is 6.78. The summed E-state index contributed by atoms with van der Waals surface area (Å²) in [4.78, 5) is 16.6. The molecule has 0 fully saturated rings. The second-order valence-electron chi connectivity index (χ2n) is 4.99. The van der Waals surface area contributed by atoms with Gasteiger partial charge in [0.05, 0.1) is 0 Å². The van der Waals surface area contributed by atoms with E-state index in [2.05, 4.69) is 31.3 Å². The van der Waals surface area contributed by atoms with Gasteiger partial charge in [0, 0.05) is 42.3 Å². The summed E-state index contributed by atoms with van der Waals surface area (Å²) in [6, 6.07) is 7.47. The molecule has 0 spiro atoms. The fraction of sp³-hybridized carbons (Fsp3) is 0.188. The molecule has 0 radical (unpaired) electrons. The van der Waals surface area contributed by atoms with Crippen molar-refractivity contribution in [2.24, 2.45) is 0 Å².